The number of ether oxygens (including phenoxy) is 1. The number of carbonyl (C=O) groups is 1. The molecule has 0 saturated carbocycles. The van der Waals surface area contributed by atoms with Gasteiger partial charge in [-0.2, -0.15) is 5.10 Å². The van der Waals surface area contributed by atoms with Gasteiger partial charge in [-0.3, -0.25) is 14.5 Å². The van der Waals surface area contributed by atoms with Crippen LogP contribution in [-0.2, 0) is 6.54 Å². The number of carbonyl (C=O) groups excluding carboxylic acids is 1. The second kappa shape index (κ2) is 8.99. The van der Waals surface area contributed by atoms with E-state index in [-0.39, 0.29) is 11.6 Å². The molecule has 0 aliphatic heterocycles. The largest absolute Gasteiger partial charge is 0.494 e. The van der Waals surface area contributed by atoms with Gasteiger partial charge in [0, 0.05) is 31.7 Å². The van der Waals surface area contributed by atoms with E-state index in [1.54, 1.807) is 24.2 Å². The molecule has 30 heavy (non-hydrogen) atoms. The van der Waals surface area contributed by atoms with Crippen molar-refractivity contribution in [2.75, 3.05) is 13.7 Å². The summed E-state index contributed by atoms with van der Waals surface area (Å²) in [6, 6.07) is 14.8. The Morgan fingerprint density at radius 3 is 2.73 bits per heavy atom. The van der Waals surface area contributed by atoms with Crippen molar-refractivity contribution < 1.29 is 9.53 Å². The number of hydrogen-bond donors (Lipinski definition) is 1. The van der Waals surface area contributed by atoms with E-state index in [0.29, 0.717) is 35.9 Å². The van der Waals surface area contributed by atoms with Gasteiger partial charge in [0.2, 0.25) is 0 Å². The number of pyridine rings is 1. The number of benzene rings is 1. The summed E-state index contributed by atoms with van der Waals surface area (Å²) in [5.74, 6) is 0.308. The molecule has 1 aromatic carbocycles. The molecule has 152 valence electrons. The number of methoxy groups -OCH3 is 1. The van der Waals surface area contributed by atoms with Gasteiger partial charge in [-0.25, -0.2) is 4.68 Å². The van der Waals surface area contributed by atoms with Crippen molar-refractivity contribution in [2.45, 2.75) is 13.0 Å². The summed E-state index contributed by atoms with van der Waals surface area (Å²) in [6.45, 7) is 1.20. The number of nitrogens with one attached hydrogen (secondary N) is 1. The fourth-order valence-corrected chi connectivity index (χ4v) is 3.10. The van der Waals surface area contributed by atoms with E-state index in [4.69, 9.17) is 4.74 Å². The predicted molar refractivity (Wildman–Crippen MR) is 110 cm³/mol. The molecule has 0 spiro atoms. The monoisotopic (exact) mass is 403 g/mol. The normalized spacial score (nSPS) is 10.7. The Balaban J connectivity index is 1.61. The maximum atomic E-state index is 12.9. The Hall–Kier alpha value is -4.01. The summed E-state index contributed by atoms with van der Waals surface area (Å²) in [5, 5.41) is 15.5. The highest BCUT2D eigenvalue weighted by Gasteiger charge is 2.24. The zero-order valence-corrected chi connectivity index (χ0v) is 16.5. The summed E-state index contributed by atoms with van der Waals surface area (Å²) in [5.41, 5.74) is 1.98. The van der Waals surface area contributed by atoms with Gasteiger partial charge < -0.3 is 10.1 Å². The molecule has 0 fully saturated rings. The molecule has 9 nitrogen and oxygen atoms in total. The summed E-state index contributed by atoms with van der Waals surface area (Å²) in [6.07, 6.45) is 6.03. The van der Waals surface area contributed by atoms with Gasteiger partial charge >= 0.3 is 0 Å². The molecule has 9 heteroatoms. The first kappa shape index (κ1) is 19.3. The van der Waals surface area contributed by atoms with Crippen LogP contribution < -0.4 is 10.1 Å². The second-order valence-electron chi connectivity index (χ2n) is 6.46. The summed E-state index contributed by atoms with van der Waals surface area (Å²) < 4.78 is 8.86. The Morgan fingerprint density at radius 1 is 1.10 bits per heavy atom. The minimum atomic E-state index is -0.308. The maximum Gasteiger partial charge on any atom is 0.274 e. The van der Waals surface area contributed by atoms with E-state index < -0.39 is 0 Å². The Kier molecular flexibility index (Phi) is 5.79. The molecule has 1 amide bonds. The Bertz CT molecular complexity index is 1110. The van der Waals surface area contributed by atoms with Crippen LogP contribution >= 0.6 is 0 Å². The molecule has 0 bridgehead atoms. The molecule has 0 atom stereocenters. The first-order valence-corrected chi connectivity index (χ1v) is 9.54. The number of rotatable bonds is 8. The lowest BCUT2D eigenvalue weighted by Gasteiger charge is -2.11. The fourth-order valence-electron chi connectivity index (χ4n) is 3.10. The number of nitrogens with zero attached hydrogens (tertiary/aromatic N) is 6. The smallest absolute Gasteiger partial charge is 0.274 e. The van der Waals surface area contributed by atoms with Crippen LogP contribution in [0.2, 0.25) is 0 Å². The lowest BCUT2D eigenvalue weighted by molar-refractivity contribution is 0.0948. The first-order valence-electron chi connectivity index (χ1n) is 9.54. The third-order valence-corrected chi connectivity index (χ3v) is 4.51. The molecular weight excluding hydrogens is 382 g/mol. The topological polar surface area (TPSA) is 99.8 Å². The third-order valence-electron chi connectivity index (χ3n) is 4.51. The van der Waals surface area contributed by atoms with Gasteiger partial charge in [-0.05, 0) is 36.8 Å². The van der Waals surface area contributed by atoms with Crippen molar-refractivity contribution in [3.05, 3.63) is 72.8 Å². The molecule has 0 aliphatic carbocycles. The van der Waals surface area contributed by atoms with Crippen molar-refractivity contribution in [2.24, 2.45) is 0 Å². The van der Waals surface area contributed by atoms with Crippen LogP contribution in [0.3, 0.4) is 0 Å². The SMILES string of the molecule is COc1ccccc1-n1nnc(C(=O)NCCCn2cccn2)c1-c1ccccn1. The predicted octanol–water partition coefficient (Wildman–Crippen LogP) is 2.35. The van der Waals surface area contributed by atoms with E-state index in [0.717, 1.165) is 6.42 Å². The number of amides is 1. The van der Waals surface area contributed by atoms with Crippen molar-refractivity contribution in [1.29, 1.82) is 0 Å². The fraction of sp³-hybridized carbons (Fsp3) is 0.190. The average Bonchev–Trinajstić information content (AvgIpc) is 3.47. The van der Waals surface area contributed by atoms with Crippen molar-refractivity contribution in [3.8, 4) is 22.8 Å². The maximum absolute atomic E-state index is 12.9. The molecule has 0 unspecified atom stereocenters. The second-order valence-corrected chi connectivity index (χ2v) is 6.46. The molecular formula is C21H21N7O2. The van der Waals surface area contributed by atoms with Crippen molar-refractivity contribution in [3.63, 3.8) is 0 Å². The summed E-state index contributed by atoms with van der Waals surface area (Å²) in [7, 11) is 1.59. The van der Waals surface area contributed by atoms with Gasteiger partial charge in [-0.1, -0.05) is 23.4 Å². The highest BCUT2D eigenvalue weighted by molar-refractivity contribution is 5.98. The van der Waals surface area contributed by atoms with Gasteiger partial charge in [0.15, 0.2) is 5.69 Å². The zero-order valence-electron chi connectivity index (χ0n) is 16.5. The molecule has 0 saturated heterocycles. The van der Waals surface area contributed by atoms with Crippen molar-refractivity contribution in [1.82, 2.24) is 35.1 Å². The third kappa shape index (κ3) is 4.04. The number of para-hydroxylation sites is 2. The number of hydrogen-bond acceptors (Lipinski definition) is 6. The highest BCUT2D eigenvalue weighted by Crippen LogP contribution is 2.28. The van der Waals surface area contributed by atoms with E-state index in [1.165, 1.54) is 0 Å². The van der Waals surface area contributed by atoms with Gasteiger partial charge in [0.05, 0.1) is 12.8 Å². The van der Waals surface area contributed by atoms with Crippen LogP contribution in [0.15, 0.2) is 67.1 Å². The molecule has 1 N–H and O–H groups in total. The zero-order chi connectivity index (χ0) is 20.8. The standard InChI is InChI=1S/C21H21N7O2/c1-30-18-10-3-2-9-17(18)28-20(16-8-4-5-11-22-16)19(25-26-28)21(29)23-12-6-14-27-15-7-13-24-27/h2-5,7-11,13,15H,6,12,14H2,1H3,(H,23,29). The number of aryl methyl sites for hydroxylation is 1. The van der Waals surface area contributed by atoms with E-state index in [2.05, 4.69) is 25.7 Å². The quantitative estimate of drug-likeness (QED) is 0.454. The lowest BCUT2D eigenvalue weighted by Crippen LogP contribution is -2.26. The van der Waals surface area contributed by atoms with Crippen LogP contribution in [0.4, 0.5) is 0 Å². The molecule has 4 aromatic rings. The average molecular weight is 403 g/mol. The van der Waals surface area contributed by atoms with Crippen LogP contribution in [0.25, 0.3) is 17.1 Å². The molecule has 0 radical (unpaired) electrons. The van der Waals surface area contributed by atoms with Gasteiger partial charge in [0.25, 0.3) is 5.91 Å². The van der Waals surface area contributed by atoms with Crippen LogP contribution in [0.1, 0.15) is 16.9 Å². The minimum Gasteiger partial charge on any atom is -0.494 e. The molecule has 0 aliphatic rings. The summed E-state index contributed by atoms with van der Waals surface area (Å²) in [4.78, 5) is 17.3. The van der Waals surface area contributed by atoms with E-state index >= 15 is 0 Å². The minimum absolute atomic E-state index is 0.207. The number of aromatic nitrogens is 6. The summed E-state index contributed by atoms with van der Waals surface area (Å²) >= 11 is 0. The van der Waals surface area contributed by atoms with E-state index in [1.807, 2.05) is 59.4 Å². The van der Waals surface area contributed by atoms with E-state index in [9.17, 15) is 4.79 Å². The molecule has 3 heterocycles. The lowest BCUT2D eigenvalue weighted by atomic mass is 10.2. The van der Waals surface area contributed by atoms with Crippen LogP contribution in [0.5, 0.6) is 5.75 Å². The van der Waals surface area contributed by atoms with Gasteiger partial charge in [-0.15, -0.1) is 5.10 Å². The molecule has 3 aromatic heterocycles. The van der Waals surface area contributed by atoms with Crippen LogP contribution in [-0.4, -0.2) is 49.3 Å². The first-order chi connectivity index (χ1) is 14.8. The van der Waals surface area contributed by atoms with Crippen LogP contribution in [0, 0.1) is 0 Å². The van der Waals surface area contributed by atoms with Crippen molar-refractivity contribution >= 4 is 5.91 Å². The van der Waals surface area contributed by atoms with Gasteiger partial charge in [0.1, 0.15) is 17.1 Å². The highest BCUT2D eigenvalue weighted by atomic mass is 16.5. The molecule has 4 rings (SSSR count). The Morgan fingerprint density at radius 2 is 1.97 bits per heavy atom. The Labute approximate surface area is 173 Å².